The molecule has 0 radical (unpaired) electrons. The second-order valence-corrected chi connectivity index (χ2v) is 8.94. The molecular weight excluding hydrogens is 419 g/mol. The number of aromatic nitrogens is 1. The zero-order chi connectivity index (χ0) is 22.4. The molecule has 8 heteroatoms. The van der Waals surface area contributed by atoms with Crippen molar-refractivity contribution in [1.82, 2.24) is 15.6 Å². The van der Waals surface area contributed by atoms with Crippen LogP contribution in [0, 0.1) is 23.4 Å². The lowest BCUT2D eigenvalue weighted by Gasteiger charge is -2.37. The Hall–Kier alpha value is -3.00. The Morgan fingerprint density at radius 3 is 2.44 bits per heavy atom. The molecule has 5 nitrogen and oxygen atoms in total. The molecule has 1 heterocycles. The van der Waals surface area contributed by atoms with E-state index in [-0.39, 0.29) is 41.3 Å². The van der Waals surface area contributed by atoms with Crippen LogP contribution in [0.2, 0.25) is 0 Å². The largest absolute Gasteiger partial charge is 0.393 e. The number of aromatic amines is 1. The summed E-state index contributed by atoms with van der Waals surface area (Å²) < 4.78 is 41.9. The van der Waals surface area contributed by atoms with E-state index in [1.54, 1.807) is 12.1 Å². The van der Waals surface area contributed by atoms with Crippen molar-refractivity contribution in [3.8, 4) is 11.3 Å². The molecule has 2 saturated carbocycles. The summed E-state index contributed by atoms with van der Waals surface area (Å²) in [6.07, 6.45) is 2.37. The van der Waals surface area contributed by atoms with Gasteiger partial charge < -0.3 is 20.7 Å². The van der Waals surface area contributed by atoms with Gasteiger partial charge in [-0.25, -0.2) is 18.0 Å². The summed E-state index contributed by atoms with van der Waals surface area (Å²) >= 11 is 0. The predicted molar refractivity (Wildman–Crippen MR) is 115 cm³/mol. The molecule has 0 spiro atoms. The van der Waals surface area contributed by atoms with Gasteiger partial charge in [-0.1, -0.05) is 0 Å². The Kier molecular flexibility index (Phi) is 5.33. The molecule has 168 valence electrons. The standard InChI is InChI=1S/C24H24F3N3O2/c25-15-3-1-13(2-4-15)22-21(19-7-16(26)8-20(27)23(19)30-22)14-5-12(6-14)11-28-24(32)29-17-9-18(31)10-17/h1-4,7-8,12,14,17-18,30-31H,5-6,9-11H2,(H2,28,29,32)/t12-,14-,17-,18-. The first kappa shape index (κ1) is 20.9. The van der Waals surface area contributed by atoms with Gasteiger partial charge in [0, 0.05) is 24.0 Å². The van der Waals surface area contributed by atoms with E-state index in [9.17, 15) is 23.1 Å². The highest BCUT2D eigenvalue weighted by atomic mass is 19.1. The van der Waals surface area contributed by atoms with Crippen LogP contribution in [-0.4, -0.2) is 34.8 Å². The average molecular weight is 443 g/mol. The van der Waals surface area contributed by atoms with Gasteiger partial charge in [-0.2, -0.15) is 0 Å². The van der Waals surface area contributed by atoms with E-state index in [1.807, 2.05) is 0 Å². The lowest BCUT2D eigenvalue weighted by Crippen LogP contribution is -2.51. The molecular formula is C24H24F3N3O2. The van der Waals surface area contributed by atoms with Crippen LogP contribution in [0.1, 0.15) is 37.2 Å². The average Bonchev–Trinajstić information content (AvgIpc) is 3.05. The number of aliphatic hydroxyl groups is 1. The summed E-state index contributed by atoms with van der Waals surface area (Å²) in [6.45, 7) is 0.508. The lowest BCUT2D eigenvalue weighted by molar-refractivity contribution is 0.0661. The topological polar surface area (TPSA) is 77.2 Å². The third-order valence-electron chi connectivity index (χ3n) is 6.64. The molecule has 32 heavy (non-hydrogen) atoms. The van der Waals surface area contributed by atoms with Gasteiger partial charge in [-0.3, -0.25) is 0 Å². The monoisotopic (exact) mass is 443 g/mol. The van der Waals surface area contributed by atoms with E-state index in [4.69, 9.17) is 0 Å². The number of urea groups is 1. The van der Waals surface area contributed by atoms with Gasteiger partial charge in [0.05, 0.1) is 17.3 Å². The fraction of sp³-hybridized carbons (Fsp3) is 0.375. The molecule has 0 aliphatic heterocycles. The Bertz CT molecular complexity index is 1150. The molecule has 2 aliphatic carbocycles. The second kappa shape index (κ2) is 8.16. The van der Waals surface area contributed by atoms with E-state index in [2.05, 4.69) is 15.6 Å². The fourth-order valence-corrected chi connectivity index (χ4v) is 4.83. The minimum absolute atomic E-state index is 0.0217. The number of nitrogens with one attached hydrogen (secondary N) is 3. The number of carbonyl (C=O) groups excluding carboxylic acids is 1. The zero-order valence-corrected chi connectivity index (χ0v) is 17.3. The highest BCUT2D eigenvalue weighted by Crippen LogP contribution is 2.48. The number of benzene rings is 2. The van der Waals surface area contributed by atoms with Crippen LogP contribution < -0.4 is 10.6 Å². The van der Waals surface area contributed by atoms with Crippen LogP contribution in [0.5, 0.6) is 0 Å². The predicted octanol–water partition coefficient (Wildman–Crippen LogP) is 4.57. The van der Waals surface area contributed by atoms with E-state index in [1.165, 1.54) is 18.2 Å². The fourth-order valence-electron chi connectivity index (χ4n) is 4.83. The van der Waals surface area contributed by atoms with Crippen molar-refractivity contribution < 1.29 is 23.1 Å². The third-order valence-corrected chi connectivity index (χ3v) is 6.64. The molecule has 0 saturated heterocycles. The maximum atomic E-state index is 14.5. The summed E-state index contributed by atoms with van der Waals surface area (Å²) in [6, 6.07) is 7.90. The Morgan fingerprint density at radius 2 is 1.75 bits per heavy atom. The van der Waals surface area contributed by atoms with E-state index in [0.29, 0.717) is 36.0 Å². The first-order valence-corrected chi connectivity index (χ1v) is 10.9. The SMILES string of the molecule is O=C(NC[C@H]1C[C@H](c2c(-c3ccc(F)cc3)[nH]c3c(F)cc(F)cc32)C1)N[C@H]1C[C@H](O)C1. The minimum Gasteiger partial charge on any atom is -0.393 e. The van der Waals surface area contributed by atoms with Crippen molar-refractivity contribution in [2.75, 3.05) is 6.54 Å². The van der Waals surface area contributed by atoms with Gasteiger partial charge in [0.2, 0.25) is 0 Å². The number of halogens is 3. The molecule has 0 atom stereocenters. The Labute approximate surface area is 183 Å². The molecule has 3 aromatic rings. The van der Waals surface area contributed by atoms with Crippen molar-refractivity contribution in [2.24, 2.45) is 5.92 Å². The van der Waals surface area contributed by atoms with Crippen LogP contribution >= 0.6 is 0 Å². The molecule has 1 aromatic heterocycles. The molecule has 0 unspecified atom stereocenters. The normalized spacial score (nSPS) is 24.6. The van der Waals surface area contributed by atoms with Crippen LogP contribution in [-0.2, 0) is 0 Å². The number of amides is 2. The first-order valence-electron chi connectivity index (χ1n) is 10.9. The van der Waals surface area contributed by atoms with E-state index in [0.717, 1.165) is 24.5 Å². The zero-order valence-electron chi connectivity index (χ0n) is 17.3. The first-order chi connectivity index (χ1) is 15.4. The number of fused-ring (bicyclic) bond motifs is 1. The Morgan fingerprint density at radius 1 is 1.03 bits per heavy atom. The van der Waals surface area contributed by atoms with Crippen LogP contribution in [0.3, 0.4) is 0 Å². The summed E-state index contributed by atoms with van der Waals surface area (Å²) in [5.41, 5.74) is 2.45. The molecule has 2 fully saturated rings. The number of hydrogen-bond donors (Lipinski definition) is 4. The number of hydrogen-bond acceptors (Lipinski definition) is 2. The number of rotatable bonds is 5. The summed E-state index contributed by atoms with van der Waals surface area (Å²) in [7, 11) is 0. The summed E-state index contributed by atoms with van der Waals surface area (Å²) in [5.74, 6) is -1.35. The van der Waals surface area contributed by atoms with Crippen molar-refractivity contribution >= 4 is 16.9 Å². The quantitative estimate of drug-likeness (QED) is 0.466. The lowest BCUT2D eigenvalue weighted by atomic mass is 9.70. The molecule has 4 N–H and O–H groups in total. The summed E-state index contributed by atoms with van der Waals surface area (Å²) in [4.78, 5) is 15.1. The molecule has 5 rings (SSSR count). The number of carbonyl (C=O) groups is 1. The Balaban J connectivity index is 1.32. The number of aliphatic hydroxyl groups excluding tert-OH is 1. The number of H-pyrrole nitrogens is 1. The van der Waals surface area contributed by atoms with Gasteiger partial charge >= 0.3 is 6.03 Å². The van der Waals surface area contributed by atoms with Gasteiger partial charge in [0.15, 0.2) is 0 Å². The molecule has 0 bridgehead atoms. The van der Waals surface area contributed by atoms with Crippen LogP contribution in [0.15, 0.2) is 36.4 Å². The highest BCUT2D eigenvalue weighted by Gasteiger charge is 2.35. The highest BCUT2D eigenvalue weighted by molar-refractivity contribution is 5.92. The second-order valence-electron chi connectivity index (χ2n) is 8.94. The maximum Gasteiger partial charge on any atom is 0.315 e. The molecule has 2 aromatic carbocycles. The van der Waals surface area contributed by atoms with E-state index < -0.39 is 11.6 Å². The van der Waals surface area contributed by atoms with Gasteiger partial charge in [-0.05, 0) is 79.0 Å². The third kappa shape index (κ3) is 3.95. The van der Waals surface area contributed by atoms with Gasteiger partial charge in [0.25, 0.3) is 0 Å². The van der Waals surface area contributed by atoms with Crippen LogP contribution in [0.25, 0.3) is 22.2 Å². The minimum atomic E-state index is -0.662. The van der Waals surface area contributed by atoms with Crippen molar-refractivity contribution in [3.05, 3.63) is 59.4 Å². The van der Waals surface area contributed by atoms with Crippen LogP contribution in [0.4, 0.5) is 18.0 Å². The van der Waals surface area contributed by atoms with Crippen molar-refractivity contribution in [2.45, 2.75) is 43.7 Å². The van der Waals surface area contributed by atoms with Crippen molar-refractivity contribution in [3.63, 3.8) is 0 Å². The van der Waals surface area contributed by atoms with Gasteiger partial charge in [0.1, 0.15) is 17.5 Å². The van der Waals surface area contributed by atoms with Crippen molar-refractivity contribution in [1.29, 1.82) is 0 Å². The molecule has 2 amide bonds. The van der Waals surface area contributed by atoms with E-state index >= 15 is 0 Å². The van der Waals surface area contributed by atoms with Gasteiger partial charge in [-0.15, -0.1) is 0 Å². The summed E-state index contributed by atoms with van der Waals surface area (Å²) in [5, 5.41) is 15.5. The maximum absolute atomic E-state index is 14.5. The smallest absolute Gasteiger partial charge is 0.315 e. The molecule has 2 aliphatic rings.